The zero-order valence-corrected chi connectivity index (χ0v) is 18.0. The van der Waals surface area contributed by atoms with E-state index in [0.717, 1.165) is 24.1 Å². The van der Waals surface area contributed by atoms with Gasteiger partial charge in [-0.05, 0) is 30.2 Å². The Bertz CT molecular complexity index is 1050. The Morgan fingerprint density at radius 1 is 1.12 bits per heavy atom. The highest BCUT2D eigenvalue weighted by atomic mass is 19.1. The molecule has 1 atom stereocenters. The van der Waals surface area contributed by atoms with Crippen LogP contribution in [0.4, 0.5) is 10.2 Å². The third-order valence-electron chi connectivity index (χ3n) is 5.31. The number of nitrogens with zero attached hydrogens (tertiary/aromatic N) is 4. The molecule has 166 valence electrons. The number of aromatic nitrogens is 2. The molecule has 2 aromatic heterocycles. The summed E-state index contributed by atoms with van der Waals surface area (Å²) in [5.74, 6) is 1.37. The van der Waals surface area contributed by atoms with E-state index >= 15 is 0 Å². The van der Waals surface area contributed by atoms with E-state index in [1.54, 1.807) is 25.5 Å². The lowest BCUT2D eigenvalue weighted by Crippen LogP contribution is -2.44. The SMILES string of the molecule is CN=C(NCc1cccnc1OCc1ccccc1)NC1CCN(c2ncccc2F)C1. The van der Waals surface area contributed by atoms with Crippen LogP contribution < -0.4 is 20.3 Å². The largest absolute Gasteiger partial charge is 0.473 e. The Balaban J connectivity index is 1.31. The first-order valence-corrected chi connectivity index (χ1v) is 10.7. The molecule has 0 radical (unpaired) electrons. The number of hydrogen-bond acceptors (Lipinski definition) is 5. The molecule has 4 rings (SSSR count). The first kappa shape index (κ1) is 21.5. The van der Waals surface area contributed by atoms with E-state index in [9.17, 15) is 4.39 Å². The van der Waals surface area contributed by atoms with Crippen molar-refractivity contribution in [2.24, 2.45) is 4.99 Å². The van der Waals surface area contributed by atoms with Crippen molar-refractivity contribution >= 4 is 11.8 Å². The first-order chi connectivity index (χ1) is 15.7. The molecule has 0 saturated carbocycles. The summed E-state index contributed by atoms with van der Waals surface area (Å²) >= 11 is 0. The number of halogens is 1. The molecule has 1 aliphatic rings. The molecule has 1 fully saturated rings. The Morgan fingerprint density at radius 3 is 2.75 bits per heavy atom. The van der Waals surface area contributed by atoms with Gasteiger partial charge >= 0.3 is 0 Å². The lowest BCUT2D eigenvalue weighted by atomic mass is 10.2. The second kappa shape index (κ2) is 10.6. The van der Waals surface area contributed by atoms with Gasteiger partial charge < -0.3 is 20.3 Å². The standard InChI is InChI=1S/C24H27FN6O/c1-26-24(30-20-11-14-31(16-20)22-21(25)10-6-12-27-22)29-15-19-9-5-13-28-23(19)32-17-18-7-3-2-4-8-18/h2-10,12-13,20H,11,14-17H2,1H3,(H2,26,29,30). The van der Waals surface area contributed by atoms with Crippen LogP contribution in [0.25, 0.3) is 0 Å². The lowest BCUT2D eigenvalue weighted by Gasteiger charge is -2.20. The summed E-state index contributed by atoms with van der Waals surface area (Å²) in [7, 11) is 1.73. The molecular weight excluding hydrogens is 407 g/mol. The highest BCUT2D eigenvalue weighted by Gasteiger charge is 2.26. The van der Waals surface area contributed by atoms with Crippen molar-refractivity contribution < 1.29 is 9.13 Å². The Morgan fingerprint density at radius 2 is 1.94 bits per heavy atom. The van der Waals surface area contributed by atoms with Gasteiger partial charge in [0.2, 0.25) is 5.88 Å². The third-order valence-corrected chi connectivity index (χ3v) is 5.31. The van der Waals surface area contributed by atoms with Gasteiger partial charge in [-0.25, -0.2) is 14.4 Å². The number of rotatable bonds is 7. The van der Waals surface area contributed by atoms with Crippen molar-refractivity contribution in [2.75, 3.05) is 25.0 Å². The Kier molecular flexibility index (Phi) is 7.12. The minimum atomic E-state index is -0.296. The van der Waals surface area contributed by atoms with Gasteiger partial charge in [0.15, 0.2) is 17.6 Å². The maximum absolute atomic E-state index is 14.0. The number of hydrogen-bond donors (Lipinski definition) is 2. The molecule has 2 N–H and O–H groups in total. The zero-order valence-electron chi connectivity index (χ0n) is 18.0. The number of benzene rings is 1. The van der Waals surface area contributed by atoms with Crippen LogP contribution in [-0.4, -0.2) is 42.1 Å². The number of aliphatic imine (C=N–C) groups is 1. The summed E-state index contributed by atoms with van der Waals surface area (Å²) in [5.41, 5.74) is 2.03. The molecule has 3 aromatic rings. The fourth-order valence-electron chi connectivity index (χ4n) is 3.66. The highest BCUT2D eigenvalue weighted by molar-refractivity contribution is 5.80. The molecule has 8 heteroatoms. The van der Waals surface area contributed by atoms with Crippen LogP contribution >= 0.6 is 0 Å². The number of anilines is 1. The molecule has 0 spiro atoms. The topological polar surface area (TPSA) is 74.7 Å². The molecule has 0 amide bonds. The lowest BCUT2D eigenvalue weighted by molar-refractivity contribution is 0.290. The molecule has 1 saturated heterocycles. The van der Waals surface area contributed by atoms with E-state index in [2.05, 4.69) is 25.6 Å². The van der Waals surface area contributed by atoms with Crippen LogP contribution in [-0.2, 0) is 13.2 Å². The molecule has 0 aliphatic carbocycles. The quantitative estimate of drug-likeness (QED) is 0.440. The molecule has 1 aliphatic heterocycles. The van der Waals surface area contributed by atoms with Crippen molar-refractivity contribution in [3.05, 3.63) is 83.9 Å². The molecule has 1 aromatic carbocycles. The summed E-state index contributed by atoms with van der Waals surface area (Å²) in [6, 6.07) is 17.1. The maximum Gasteiger partial charge on any atom is 0.218 e. The van der Waals surface area contributed by atoms with E-state index < -0.39 is 0 Å². The van der Waals surface area contributed by atoms with Crippen molar-refractivity contribution in [3.63, 3.8) is 0 Å². The van der Waals surface area contributed by atoms with Gasteiger partial charge in [0, 0.05) is 50.7 Å². The molecule has 3 heterocycles. The van der Waals surface area contributed by atoms with E-state index in [1.165, 1.54) is 6.07 Å². The van der Waals surface area contributed by atoms with Crippen LogP contribution in [0.15, 0.2) is 72.0 Å². The minimum Gasteiger partial charge on any atom is -0.473 e. The average molecular weight is 435 g/mol. The second-order valence-corrected chi connectivity index (χ2v) is 7.55. The van der Waals surface area contributed by atoms with Crippen LogP contribution in [0.2, 0.25) is 0 Å². The van der Waals surface area contributed by atoms with Crippen LogP contribution in [0.1, 0.15) is 17.5 Å². The predicted octanol–water partition coefficient (Wildman–Crippen LogP) is 3.14. The van der Waals surface area contributed by atoms with Crippen molar-refractivity contribution in [1.29, 1.82) is 0 Å². The number of nitrogens with one attached hydrogen (secondary N) is 2. The average Bonchev–Trinajstić information content (AvgIpc) is 3.30. The van der Waals surface area contributed by atoms with Gasteiger partial charge in [-0.1, -0.05) is 36.4 Å². The zero-order chi connectivity index (χ0) is 22.2. The van der Waals surface area contributed by atoms with Gasteiger partial charge in [0.25, 0.3) is 0 Å². The third kappa shape index (κ3) is 5.51. The van der Waals surface area contributed by atoms with Crippen molar-refractivity contribution in [1.82, 2.24) is 20.6 Å². The maximum atomic E-state index is 14.0. The van der Waals surface area contributed by atoms with Crippen LogP contribution in [0, 0.1) is 5.82 Å². The molecule has 0 bridgehead atoms. The molecule has 7 nitrogen and oxygen atoms in total. The van der Waals surface area contributed by atoms with E-state index in [1.807, 2.05) is 47.4 Å². The summed E-state index contributed by atoms with van der Waals surface area (Å²) in [6.07, 6.45) is 4.21. The summed E-state index contributed by atoms with van der Waals surface area (Å²) in [6.45, 7) is 2.37. The summed E-state index contributed by atoms with van der Waals surface area (Å²) < 4.78 is 20.0. The normalized spacial score (nSPS) is 16.1. The first-order valence-electron chi connectivity index (χ1n) is 10.7. The smallest absolute Gasteiger partial charge is 0.218 e. The minimum absolute atomic E-state index is 0.144. The number of guanidine groups is 1. The van der Waals surface area contributed by atoms with Gasteiger partial charge in [0.1, 0.15) is 6.61 Å². The second-order valence-electron chi connectivity index (χ2n) is 7.55. The summed E-state index contributed by atoms with van der Waals surface area (Å²) in [4.78, 5) is 14.8. The van der Waals surface area contributed by atoms with E-state index in [4.69, 9.17) is 4.74 Å². The van der Waals surface area contributed by atoms with Crippen molar-refractivity contribution in [2.45, 2.75) is 25.6 Å². The van der Waals surface area contributed by atoms with E-state index in [-0.39, 0.29) is 11.9 Å². The van der Waals surface area contributed by atoms with Gasteiger partial charge in [-0.3, -0.25) is 4.99 Å². The van der Waals surface area contributed by atoms with E-state index in [0.29, 0.717) is 37.4 Å². The van der Waals surface area contributed by atoms with Crippen LogP contribution in [0.5, 0.6) is 5.88 Å². The van der Waals surface area contributed by atoms with Gasteiger partial charge in [-0.2, -0.15) is 0 Å². The van der Waals surface area contributed by atoms with Crippen LogP contribution in [0.3, 0.4) is 0 Å². The highest BCUT2D eigenvalue weighted by Crippen LogP contribution is 2.21. The van der Waals surface area contributed by atoms with Crippen molar-refractivity contribution in [3.8, 4) is 5.88 Å². The fourth-order valence-corrected chi connectivity index (χ4v) is 3.66. The summed E-state index contributed by atoms with van der Waals surface area (Å²) in [5, 5.41) is 6.75. The monoisotopic (exact) mass is 434 g/mol. The Hall–Kier alpha value is -3.68. The number of pyridine rings is 2. The fraction of sp³-hybridized carbons (Fsp3) is 0.292. The van der Waals surface area contributed by atoms with Gasteiger partial charge in [-0.15, -0.1) is 0 Å². The molecule has 32 heavy (non-hydrogen) atoms. The van der Waals surface area contributed by atoms with Gasteiger partial charge in [0.05, 0.1) is 0 Å². The predicted molar refractivity (Wildman–Crippen MR) is 123 cm³/mol. The number of ether oxygens (including phenoxy) is 1. The molecule has 1 unspecified atom stereocenters. The molecular formula is C24H27FN6O. The Labute approximate surface area is 187 Å².